The van der Waals surface area contributed by atoms with Crippen LogP contribution in [0.4, 0.5) is 5.69 Å². The lowest BCUT2D eigenvalue weighted by molar-refractivity contribution is -0.121. The Bertz CT molecular complexity index is 1240. The van der Waals surface area contributed by atoms with E-state index in [2.05, 4.69) is 4.99 Å². The average Bonchev–Trinajstić information content (AvgIpc) is 3.28. The summed E-state index contributed by atoms with van der Waals surface area (Å²) in [7, 11) is 1.62. The van der Waals surface area contributed by atoms with Crippen LogP contribution in [0.3, 0.4) is 0 Å². The highest BCUT2D eigenvalue weighted by atomic mass is 35.5. The number of ether oxygens (including phenoxy) is 1. The summed E-state index contributed by atoms with van der Waals surface area (Å²) in [5.41, 5.74) is 2.69. The normalized spacial score (nSPS) is 14.8. The number of imide groups is 1. The first kappa shape index (κ1) is 21.4. The van der Waals surface area contributed by atoms with Crippen LogP contribution in [0, 0.1) is 6.92 Å². The van der Waals surface area contributed by atoms with Crippen molar-refractivity contribution >= 4 is 56.6 Å². The number of nitrogens with zero attached hydrogens (tertiary/aromatic N) is 3. The molecule has 3 aromatic rings. The summed E-state index contributed by atoms with van der Waals surface area (Å²) in [5.74, 6) is -0.869. The van der Waals surface area contributed by atoms with Crippen LogP contribution < -0.4 is 9.70 Å². The number of hydrogen-bond acceptors (Lipinski definition) is 5. The molecule has 9 heteroatoms. The number of thiazole rings is 1. The zero-order valence-corrected chi connectivity index (χ0v) is 18.6. The maximum Gasteiger partial charge on any atom is 0.279 e. The van der Waals surface area contributed by atoms with Gasteiger partial charge in [-0.15, -0.1) is 0 Å². The fourth-order valence-electron chi connectivity index (χ4n) is 3.56. The van der Waals surface area contributed by atoms with Gasteiger partial charge in [0.15, 0.2) is 4.80 Å². The maximum atomic E-state index is 12.9. The molecule has 1 aromatic heterocycles. The second kappa shape index (κ2) is 8.74. The second-order valence-corrected chi connectivity index (χ2v) is 8.55. The highest BCUT2D eigenvalue weighted by molar-refractivity contribution is 7.16. The molecule has 0 saturated carbocycles. The molecule has 1 aliphatic heterocycles. The minimum Gasteiger partial charge on any atom is -0.383 e. The lowest BCUT2D eigenvalue weighted by Crippen LogP contribution is -2.28. The highest BCUT2D eigenvalue weighted by Gasteiger charge is 2.30. The molecule has 1 fully saturated rings. The molecule has 0 atom stereocenters. The van der Waals surface area contributed by atoms with Gasteiger partial charge >= 0.3 is 0 Å². The Morgan fingerprint density at radius 2 is 1.81 bits per heavy atom. The maximum absolute atomic E-state index is 12.9. The number of hydrogen-bond donors (Lipinski definition) is 0. The van der Waals surface area contributed by atoms with E-state index in [1.807, 2.05) is 23.6 Å². The van der Waals surface area contributed by atoms with Gasteiger partial charge in [0, 0.05) is 37.1 Å². The van der Waals surface area contributed by atoms with E-state index >= 15 is 0 Å². The predicted molar refractivity (Wildman–Crippen MR) is 120 cm³/mol. The van der Waals surface area contributed by atoms with Crippen molar-refractivity contribution < 1.29 is 19.1 Å². The molecule has 1 saturated heterocycles. The molecule has 1 aliphatic rings. The Morgan fingerprint density at radius 3 is 2.45 bits per heavy atom. The van der Waals surface area contributed by atoms with Crippen LogP contribution in [0.2, 0.25) is 5.02 Å². The van der Waals surface area contributed by atoms with Crippen LogP contribution in [0.5, 0.6) is 0 Å². The number of anilines is 1. The van der Waals surface area contributed by atoms with Gasteiger partial charge in [0.25, 0.3) is 5.91 Å². The van der Waals surface area contributed by atoms with Crippen molar-refractivity contribution in [3.05, 3.63) is 57.3 Å². The fourth-order valence-corrected chi connectivity index (χ4v) is 4.83. The molecule has 0 spiro atoms. The summed E-state index contributed by atoms with van der Waals surface area (Å²) in [5, 5.41) is 0.649. The number of aryl methyl sites for hydroxylation is 1. The SMILES string of the molecule is COCCn1c(=NC(=O)c2ccc(N3C(=O)CCC3=O)cc2)sc2ccc(Cl)c(C)c21. The zero-order valence-electron chi connectivity index (χ0n) is 17.1. The molecule has 160 valence electrons. The number of carbonyl (C=O) groups is 3. The largest absolute Gasteiger partial charge is 0.383 e. The Morgan fingerprint density at radius 1 is 1.13 bits per heavy atom. The Kier molecular flexibility index (Phi) is 6.04. The molecule has 3 amide bonds. The quantitative estimate of drug-likeness (QED) is 0.547. The predicted octanol–water partition coefficient (Wildman–Crippen LogP) is 3.71. The number of fused-ring (bicyclic) bond motifs is 1. The van der Waals surface area contributed by atoms with E-state index in [4.69, 9.17) is 16.3 Å². The zero-order chi connectivity index (χ0) is 22.1. The van der Waals surface area contributed by atoms with Crippen molar-refractivity contribution in [3.63, 3.8) is 0 Å². The molecule has 2 aromatic carbocycles. The number of amides is 3. The molecule has 7 nitrogen and oxygen atoms in total. The van der Waals surface area contributed by atoms with Crippen molar-refractivity contribution in [1.82, 2.24) is 4.57 Å². The molecule has 31 heavy (non-hydrogen) atoms. The van der Waals surface area contributed by atoms with Gasteiger partial charge in [-0.2, -0.15) is 4.99 Å². The topological polar surface area (TPSA) is 81.0 Å². The Labute approximate surface area is 187 Å². The molecule has 0 bridgehead atoms. The van der Waals surface area contributed by atoms with Crippen molar-refractivity contribution in [3.8, 4) is 0 Å². The summed E-state index contributed by atoms with van der Waals surface area (Å²) < 4.78 is 8.14. The lowest BCUT2D eigenvalue weighted by Gasteiger charge is -2.13. The van der Waals surface area contributed by atoms with Crippen LogP contribution in [-0.2, 0) is 20.9 Å². The van der Waals surface area contributed by atoms with Crippen LogP contribution in [-0.4, -0.2) is 36.0 Å². The van der Waals surface area contributed by atoms with Gasteiger partial charge in [-0.25, -0.2) is 0 Å². The van der Waals surface area contributed by atoms with Gasteiger partial charge in [-0.3, -0.25) is 19.3 Å². The van der Waals surface area contributed by atoms with Gasteiger partial charge in [0.1, 0.15) is 0 Å². The smallest absolute Gasteiger partial charge is 0.279 e. The van der Waals surface area contributed by atoms with Crippen molar-refractivity contribution in [2.45, 2.75) is 26.3 Å². The number of rotatable bonds is 5. The summed E-state index contributed by atoms with van der Waals surface area (Å²) in [6.45, 7) is 2.93. The Balaban J connectivity index is 1.71. The minimum atomic E-state index is -0.410. The van der Waals surface area contributed by atoms with E-state index in [1.54, 1.807) is 31.4 Å². The van der Waals surface area contributed by atoms with E-state index in [-0.39, 0.29) is 24.7 Å². The first-order chi connectivity index (χ1) is 14.9. The van der Waals surface area contributed by atoms with E-state index in [0.717, 1.165) is 20.7 Å². The third-order valence-corrected chi connectivity index (χ3v) is 6.62. The first-order valence-electron chi connectivity index (χ1n) is 9.73. The van der Waals surface area contributed by atoms with E-state index < -0.39 is 5.91 Å². The fraction of sp³-hybridized carbons (Fsp3) is 0.273. The number of methoxy groups -OCH3 is 1. The van der Waals surface area contributed by atoms with Crippen LogP contribution >= 0.6 is 22.9 Å². The van der Waals surface area contributed by atoms with Gasteiger partial charge < -0.3 is 9.30 Å². The number of carbonyl (C=O) groups excluding carboxylic acids is 3. The third kappa shape index (κ3) is 4.06. The molecule has 0 N–H and O–H groups in total. The average molecular weight is 458 g/mol. The third-order valence-electron chi connectivity index (χ3n) is 5.17. The van der Waals surface area contributed by atoms with Crippen LogP contribution in [0.15, 0.2) is 41.4 Å². The van der Waals surface area contributed by atoms with Crippen LogP contribution in [0.25, 0.3) is 10.2 Å². The molecular formula is C22H20ClN3O4S. The highest BCUT2D eigenvalue weighted by Crippen LogP contribution is 2.27. The van der Waals surface area contributed by atoms with E-state index in [9.17, 15) is 14.4 Å². The van der Waals surface area contributed by atoms with Gasteiger partial charge in [-0.05, 0) is 48.9 Å². The molecule has 4 rings (SSSR count). The lowest BCUT2D eigenvalue weighted by atomic mass is 10.2. The summed E-state index contributed by atoms with van der Waals surface area (Å²) in [6, 6.07) is 10.1. The van der Waals surface area contributed by atoms with Gasteiger partial charge in [0.2, 0.25) is 11.8 Å². The monoisotopic (exact) mass is 457 g/mol. The number of aromatic nitrogens is 1. The van der Waals surface area contributed by atoms with Gasteiger partial charge in [0.05, 0.1) is 22.5 Å². The standard InChI is InChI=1S/C22H20ClN3O4S/c1-13-16(23)7-8-17-20(13)25(11-12-30-2)22(31-17)24-21(29)14-3-5-15(6-4-14)26-18(27)9-10-19(26)28/h3-8H,9-12H2,1-2H3. The van der Waals surface area contributed by atoms with Gasteiger partial charge in [-0.1, -0.05) is 22.9 Å². The first-order valence-corrected chi connectivity index (χ1v) is 10.9. The minimum absolute atomic E-state index is 0.214. The molecule has 0 radical (unpaired) electrons. The molecule has 0 unspecified atom stereocenters. The van der Waals surface area contributed by atoms with Crippen molar-refractivity contribution in [1.29, 1.82) is 0 Å². The van der Waals surface area contributed by atoms with E-state index in [0.29, 0.717) is 34.2 Å². The molecule has 2 heterocycles. The summed E-state index contributed by atoms with van der Waals surface area (Å²) >= 11 is 7.71. The summed E-state index contributed by atoms with van der Waals surface area (Å²) in [4.78, 5) is 42.7. The van der Waals surface area contributed by atoms with Crippen molar-refractivity contribution in [2.75, 3.05) is 18.6 Å². The van der Waals surface area contributed by atoms with E-state index in [1.165, 1.54) is 11.3 Å². The molecule has 0 aliphatic carbocycles. The Hall–Kier alpha value is -2.81. The second-order valence-electron chi connectivity index (χ2n) is 7.13. The molecular weight excluding hydrogens is 438 g/mol. The van der Waals surface area contributed by atoms with Crippen LogP contribution in [0.1, 0.15) is 28.8 Å². The van der Waals surface area contributed by atoms with Crippen molar-refractivity contribution in [2.24, 2.45) is 4.99 Å². The summed E-state index contributed by atoms with van der Waals surface area (Å²) in [6.07, 6.45) is 0.428. The number of benzene rings is 2. The number of halogens is 1.